The average Bonchev–Trinajstić information content (AvgIpc) is 3.23. The molecule has 150 valence electrons. The molecule has 0 atom stereocenters. The van der Waals surface area contributed by atoms with Gasteiger partial charge in [-0.2, -0.15) is 4.98 Å². The maximum atomic E-state index is 12.6. The fraction of sp³-hybridized carbons (Fsp3) is 0.364. The maximum Gasteiger partial charge on any atom is 0.264 e. The molecular formula is C22H24N4O3. The van der Waals surface area contributed by atoms with Crippen molar-refractivity contribution in [3.05, 3.63) is 71.1 Å². The second kappa shape index (κ2) is 8.43. The number of amides is 1. The minimum Gasteiger partial charge on any atom is -0.484 e. The Morgan fingerprint density at radius 2 is 1.90 bits per heavy atom. The van der Waals surface area contributed by atoms with Crippen LogP contribution in [0, 0.1) is 13.8 Å². The Morgan fingerprint density at radius 1 is 1.14 bits per heavy atom. The third kappa shape index (κ3) is 4.62. The van der Waals surface area contributed by atoms with Crippen molar-refractivity contribution in [2.45, 2.75) is 39.2 Å². The number of ether oxygens (including phenoxy) is 1. The largest absolute Gasteiger partial charge is 0.484 e. The molecule has 0 N–H and O–H groups in total. The summed E-state index contributed by atoms with van der Waals surface area (Å²) in [5, 5.41) is 4.12. The summed E-state index contributed by atoms with van der Waals surface area (Å²) in [6.07, 6.45) is 3.26. The fourth-order valence-electron chi connectivity index (χ4n) is 3.39. The summed E-state index contributed by atoms with van der Waals surface area (Å²) in [5.74, 6) is 2.14. The van der Waals surface area contributed by atoms with Crippen LogP contribution in [0.2, 0.25) is 0 Å². The molecule has 3 heterocycles. The molecule has 1 aromatic carbocycles. The zero-order valence-electron chi connectivity index (χ0n) is 16.7. The maximum absolute atomic E-state index is 12.6. The lowest BCUT2D eigenvalue weighted by molar-refractivity contribution is 0.0710. The minimum absolute atomic E-state index is 0.0243. The van der Waals surface area contributed by atoms with Crippen molar-refractivity contribution in [1.29, 1.82) is 0 Å². The van der Waals surface area contributed by atoms with E-state index in [4.69, 9.17) is 9.26 Å². The highest BCUT2D eigenvalue weighted by Crippen LogP contribution is 2.27. The molecule has 4 rings (SSSR count). The van der Waals surface area contributed by atoms with Crippen molar-refractivity contribution in [3.63, 3.8) is 0 Å². The van der Waals surface area contributed by atoms with Gasteiger partial charge >= 0.3 is 0 Å². The van der Waals surface area contributed by atoms with Gasteiger partial charge in [0.05, 0.1) is 5.56 Å². The van der Waals surface area contributed by atoms with Gasteiger partial charge < -0.3 is 14.2 Å². The highest BCUT2D eigenvalue weighted by Gasteiger charge is 2.27. The summed E-state index contributed by atoms with van der Waals surface area (Å²) < 4.78 is 11.0. The van der Waals surface area contributed by atoms with E-state index in [1.807, 2.05) is 55.1 Å². The van der Waals surface area contributed by atoms with Crippen molar-refractivity contribution >= 4 is 5.91 Å². The van der Waals surface area contributed by atoms with E-state index in [1.165, 1.54) is 5.56 Å². The van der Waals surface area contributed by atoms with Gasteiger partial charge in [-0.15, -0.1) is 0 Å². The molecule has 2 aromatic heterocycles. The van der Waals surface area contributed by atoms with Gasteiger partial charge in [0, 0.05) is 30.9 Å². The van der Waals surface area contributed by atoms with E-state index in [2.05, 4.69) is 15.1 Å². The molecular weight excluding hydrogens is 368 g/mol. The van der Waals surface area contributed by atoms with Gasteiger partial charge in [0.2, 0.25) is 0 Å². The Hall–Kier alpha value is -3.22. The molecule has 7 heteroatoms. The quantitative estimate of drug-likeness (QED) is 0.659. The van der Waals surface area contributed by atoms with Crippen LogP contribution in [0.5, 0.6) is 5.75 Å². The molecule has 0 aliphatic carbocycles. The van der Waals surface area contributed by atoms with Crippen LogP contribution in [-0.4, -0.2) is 39.0 Å². The Morgan fingerprint density at radius 3 is 2.59 bits per heavy atom. The number of piperidine rings is 1. The first-order chi connectivity index (χ1) is 14.1. The third-order valence-corrected chi connectivity index (χ3v) is 5.17. The van der Waals surface area contributed by atoms with E-state index in [-0.39, 0.29) is 18.4 Å². The Labute approximate surface area is 169 Å². The van der Waals surface area contributed by atoms with E-state index < -0.39 is 0 Å². The SMILES string of the molecule is Cc1ccc(OCc2nc(C3CCN(C(=O)c4ccc(C)nc4)CC3)no2)cc1. The van der Waals surface area contributed by atoms with Crippen LogP contribution in [-0.2, 0) is 6.61 Å². The predicted octanol–water partition coefficient (Wildman–Crippen LogP) is 3.68. The van der Waals surface area contributed by atoms with E-state index in [0.717, 1.165) is 24.3 Å². The second-order valence-electron chi connectivity index (χ2n) is 7.40. The molecule has 3 aromatic rings. The van der Waals surface area contributed by atoms with E-state index >= 15 is 0 Å². The standard InChI is InChI=1S/C22H24N4O3/c1-15-3-7-19(8-4-15)28-14-20-24-21(25-29-20)17-9-11-26(12-10-17)22(27)18-6-5-16(2)23-13-18/h3-8,13,17H,9-12,14H2,1-2H3. The molecule has 1 aliphatic rings. The first-order valence-electron chi connectivity index (χ1n) is 9.82. The van der Waals surface area contributed by atoms with Crippen LogP contribution < -0.4 is 4.74 Å². The number of carbonyl (C=O) groups excluding carboxylic acids is 1. The zero-order chi connectivity index (χ0) is 20.2. The number of nitrogens with zero attached hydrogens (tertiary/aromatic N) is 4. The first kappa shape index (κ1) is 19.1. The summed E-state index contributed by atoms with van der Waals surface area (Å²) in [7, 11) is 0. The Kier molecular flexibility index (Phi) is 5.55. The minimum atomic E-state index is 0.0243. The number of hydrogen-bond acceptors (Lipinski definition) is 6. The van der Waals surface area contributed by atoms with Crippen LogP contribution in [0.4, 0.5) is 0 Å². The number of carbonyl (C=O) groups is 1. The second-order valence-corrected chi connectivity index (χ2v) is 7.40. The van der Waals surface area contributed by atoms with Crippen LogP contribution in [0.25, 0.3) is 0 Å². The van der Waals surface area contributed by atoms with Crippen LogP contribution in [0.3, 0.4) is 0 Å². The molecule has 0 unspecified atom stereocenters. The van der Waals surface area contributed by atoms with Gasteiger partial charge in [-0.05, 0) is 51.0 Å². The van der Waals surface area contributed by atoms with Gasteiger partial charge in [-0.1, -0.05) is 22.9 Å². The summed E-state index contributed by atoms with van der Waals surface area (Å²) >= 11 is 0. The fourth-order valence-corrected chi connectivity index (χ4v) is 3.39. The Balaban J connectivity index is 1.30. The summed E-state index contributed by atoms with van der Waals surface area (Å²) in [6.45, 7) is 5.52. The van der Waals surface area contributed by atoms with Crippen LogP contribution in [0.15, 0.2) is 47.1 Å². The number of hydrogen-bond donors (Lipinski definition) is 0. The molecule has 0 spiro atoms. The lowest BCUT2D eigenvalue weighted by Crippen LogP contribution is -2.38. The lowest BCUT2D eigenvalue weighted by Gasteiger charge is -2.30. The van der Waals surface area contributed by atoms with Gasteiger partial charge in [0.25, 0.3) is 11.8 Å². The van der Waals surface area contributed by atoms with Gasteiger partial charge in [-0.25, -0.2) is 0 Å². The number of aromatic nitrogens is 3. The summed E-state index contributed by atoms with van der Waals surface area (Å²) in [5.41, 5.74) is 2.71. The molecule has 1 saturated heterocycles. The Bertz CT molecular complexity index is 958. The normalized spacial score (nSPS) is 14.8. The zero-order valence-corrected chi connectivity index (χ0v) is 16.7. The topological polar surface area (TPSA) is 81.4 Å². The molecule has 29 heavy (non-hydrogen) atoms. The third-order valence-electron chi connectivity index (χ3n) is 5.17. The first-order valence-corrected chi connectivity index (χ1v) is 9.82. The van der Waals surface area contributed by atoms with E-state index in [9.17, 15) is 4.79 Å². The highest BCUT2D eigenvalue weighted by molar-refractivity contribution is 5.94. The van der Waals surface area contributed by atoms with Crippen molar-refractivity contribution in [3.8, 4) is 5.75 Å². The average molecular weight is 392 g/mol. The summed E-state index contributed by atoms with van der Waals surface area (Å²) in [4.78, 5) is 23.2. The monoisotopic (exact) mass is 392 g/mol. The van der Waals surface area contributed by atoms with E-state index in [1.54, 1.807) is 6.20 Å². The van der Waals surface area contributed by atoms with Crippen molar-refractivity contribution in [2.24, 2.45) is 0 Å². The number of pyridine rings is 1. The predicted molar refractivity (Wildman–Crippen MR) is 107 cm³/mol. The molecule has 7 nitrogen and oxygen atoms in total. The number of benzene rings is 1. The molecule has 0 saturated carbocycles. The van der Waals surface area contributed by atoms with Crippen molar-refractivity contribution in [1.82, 2.24) is 20.0 Å². The number of likely N-dealkylation sites (tertiary alicyclic amines) is 1. The van der Waals surface area contributed by atoms with Gasteiger partial charge in [0.15, 0.2) is 12.4 Å². The van der Waals surface area contributed by atoms with Gasteiger partial charge in [0.1, 0.15) is 5.75 Å². The number of aryl methyl sites for hydroxylation is 2. The highest BCUT2D eigenvalue weighted by atomic mass is 16.5. The molecule has 0 radical (unpaired) electrons. The molecule has 1 fully saturated rings. The van der Waals surface area contributed by atoms with E-state index in [0.29, 0.717) is 30.4 Å². The summed E-state index contributed by atoms with van der Waals surface area (Å²) in [6, 6.07) is 11.5. The lowest BCUT2D eigenvalue weighted by atomic mass is 9.96. The van der Waals surface area contributed by atoms with Crippen LogP contribution in [0.1, 0.15) is 52.1 Å². The number of rotatable bonds is 5. The van der Waals surface area contributed by atoms with Crippen molar-refractivity contribution < 1.29 is 14.1 Å². The van der Waals surface area contributed by atoms with Crippen LogP contribution >= 0.6 is 0 Å². The smallest absolute Gasteiger partial charge is 0.264 e. The van der Waals surface area contributed by atoms with Gasteiger partial charge in [-0.3, -0.25) is 9.78 Å². The molecule has 1 amide bonds. The van der Waals surface area contributed by atoms with Crippen molar-refractivity contribution in [2.75, 3.05) is 13.1 Å². The molecule has 0 bridgehead atoms. The molecule has 1 aliphatic heterocycles.